The maximum Gasteiger partial charge on any atom is 0.264 e. The Morgan fingerprint density at radius 3 is 1.67 bits per heavy atom. The molecule has 0 N–H and O–H groups in total. The number of hydrogen-bond acceptors (Lipinski definition) is 0. The van der Waals surface area contributed by atoms with Crippen LogP contribution in [0.2, 0.25) is 0 Å². The molecule has 0 saturated heterocycles. The largest absolute Gasteiger partial charge is 0.264 e. The molecule has 0 unspecified atom stereocenters. The van der Waals surface area contributed by atoms with E-state index < -0.39 is 13.0 Å². The Hall–Kier alpha value is 0.820. The van der Waals surface area contributed by atoms with E-state index in [0.29, 0.717) is 0 Å². The third-order valence-corrected chi connectivity index (χ3v) is 0.126. The number of hydrogen-bond donors (Lipinski definition) is 0. The predicted molar refractivity (Wildman–Crippen MR) is 18.7 cm³/mol. The Morgan fingerprint density at radius 2 is 1.67 bits per heavy atom. The van der Waals surface area contributed by atoms with Crippen molar-refractivity contribution in [1.82, 2.24) is 0 Å². The third-order valence-electron chi connectivity index (χ3n) is 0.126. The summed E-state index contributed by atoms with van der Waals surface area (Å²) in [6.45, 7) is -1.28. The van der Waals surface area contributed by atoms with Gasteiger partial charge >= 0.3 is 29.6 Å². The standard InChI is InChI=1S/C2H3F2O.Na.H/c3-2(4)1-5;;/h2H,1H2;;. The summed E-state index contributed by atoms with van der Waals surface area (Å²) < 4.78 is 20.9. The molecule has 0 aromatic heterocycles. The summed E-state index contributed by atoms with van der Waals surface area (Å²) in [4.78, 5) is 0. The fourth-order valence-corrected chi connectivity index (χ4v) is 0. The molecular formula is C2H4F2NaO. The van der Waals surface area contributed by atoms with Crippen molar-refractivity contribution in [2.24, 2.45) is 0 Å². The minimum Gasteiger partial charge on any atom is -0.230 e. The molecule has 0 aliphatic rings. The van der Waals surface area contributed by atoms with Gasteiger partial charge in [-0.2, -0.15) is 0 Å². The molecule has 4 heteroatoms. The maximum atomic E-state index is 10.5. The summed E-state index contributed by atoms with van der Waals surface area (Å²) in [6.07, 6.45) is -2.67. The van der Waals surface area contributed by atoms with Gasteiger partial charge in [0, 0.05) is 0 Å². The van der Waals surface area contributed by atoms with E-state index in [1.54, 1.807) is 0 Å². The van der Waals surface area contributed by atoms with E-state index in [1.165, 1.54) is 0 Å². The average molecular weight is 105 g/mol. The SMILES string of the molecule is [NaH].[O]CC(F)F. The molecule has 33 valence electrons. The Kier molecular flexibility index (Phi) is 9.65. The molecule has 0 rings (SSSR count). The van der Waals surface area contributed by atoms with Gasteiger partial charge in [0.2, 0.25) is 0 Å². The number of rotatable bonds is 1. The second kappa shape index (κ2) is 5.82. The molecule has 6 heavy (non-hydrogen) atoms. The first kappa shape index (κ1) is 9.94. The van der Waals surface area contributed by atoms with E-state index in [9.17, 15) is 8.78 Å². The molecule has 0 heterocycles. The van der Waals surface area contributed by atoms with Crippen LogP contribution >= 0.6 is 0 Å². The van der Waals surface area contributed by atoms with Crippen molar-refractivity contribution in [3.05, 3.63) is 0 Å². The van der Waals surface area contributed by atoms with Crippen LogP contribution in [0.25, 0.3) is 0 Å². The Bertz CT molecular complexity index is 25.5. The van der Waals surface area contributed by atoms with Crippen molar-refractivity contribution in [3.8, 4) is 0 Å². The summed E-state index contributed by atoms with van der Waals surface area (Å²) in [7, 11) is 0. The van der Waals surface area contributed by atoms with E-state index in [2.05, 4.69) is 0 Å². The zero-order valence-electron chi connectivity index (χ0n) is 2.45. The van der Waals surface area contributed by atoms with Crippen molar-refractivity contribution < 1.29 is 13.9 Å². The summed E-state index contributed by atoms with van der Waals surface area (Å²) in [5, 5.41) is 8.88. The van der Waals surface area contributed by atoms with Crippen LogP contribution in [0.3, 0.4) is 0 Å². The second-order valence-electron chi connectivity index (χ2n) is 0.558. The molecule has 0 spiro atoms. The molecule has 0 aromatic carbocycles. The Morgan fingerprint density at radius 1 is 1.50 bits per heavy atom. The molecule has 0 aromatic rings. The zero-order chi connectivity index (χ0) is 4.28. The topological polar surface area (TPSA) is 19.9 Å². The van der Waals surface area contributed by atoms with Crippen LogP contribution in [0.1, 0.15) is 0 Å². The van der Waals surface area contributed by atoms with Gasteiger partial charge in [-0.05, 0) is 0 Å². The molecule has 0 aliphatic carbocycles. The summed E-state index contributed by atoms with van der Waals surface area (Å²) in [6, 6.07) is 0. The number of halogens is 2. The summed E-state index contributed by atoms with van der Waals surface area (Å²) >= 11 is 0. The molecule has 1 nitrogen and oxygen atoms in total. The first-order valence-electron chi connectivity index (χ1n) is 1.13. The van der Waals surface area contributed by atoms with Crippen LogP contribution < -0.4 is 0 Å². The summed E-state index contributed by atoms with van der Waals surface area (Å²) in [5.41, 5.74) is 0. The molecule has 0 saturated carbocycles. The molecular weight excluding hydrogens is 101 g/mol. The van der Waals surface area contributed by atoms with Crippen LogP contribution in [0.4, 0.5) is 8.78 Å². The molecule has 0 bridgehead atoms. The molecule has 0 atom stereocenters. The minimum absolute atomic E-state index is 0. The zero-order valence-corrected chi connectivity index (χ0v) is 2.45. The Labute approximate surface area is 56.6 Å². The van der Waals surface area contributed by atoms with Crippen molar-refractivity contribution in [2.45, 2.75) is 6.43 Å². The number of alkyl halides is 2. The van der Waals surface area contributed by atoms with Gasteiger partial charge in [-0.3, -0.25) is 0 Å². The van der Waals surface area contributed by atoms with Crippen molar-refractivity contribution in [2.75, 3.05) is 6.61 Å². The smallest absolute Gasteiger partial charge is 0.230 e. The van der Waals surface area contributed by atoms with Crippen LogP contribution in [0.5, 0.6) is 0 Å². The monoisotopic (exact) mass is 105 g/mol. The van der Waals surface area contributed by atoms with Gasteiger partial charge in [0.1, 0.15) is 6.61 Å². The second-order valence-corrected chi connectivity index (χ2v) is 0.558. The van der Waals surface area contributed by atoms with Crippen LogP contribution in [0.15, 0.2) is 0 Å². The maximum absolute atomic E-state index is 10.5. The van der Waals surface area contributed by atoms with E-state index in [-0.39, 0.29) is 29.6 Å². The van der Waals surface area contributed by atoms with Gasteiger partial charge in [0.05, 0.1) is 0 Å². The van der Waals surface area contributed by atoms with E-state index in [0.717, 1.165) is 0 Å². The van der Waals surface area contributed by atoms with Gasteiger partial charge in [-0.25, -0.2) is 13.9 Å². The molecule has 0 fully saturated rings. The van der Waals surface area contributed by atoms with Gasteiger partial charge in [0.25, 0.3) is 6.43 Å². The minimum atomic E-state index is -2.67. The third kappa shape index (κ3) is 8.84. The summed E-state index contributed by atoms with van der Waals surface area (Å²) in [5.74, 6) is 0. The van der Waals surface area contributed by atoms with Gasteiger partial charge in [-0.1, -0.05) is 0 Å². The molecule has 0 amide bonds. The quantitative estimate of drug-likeness (QED) is 0.419. The first-order chi connectivity index (χ1) is 2.27. The van der Waals surface area contributed by atoms with Crippen LogP contribution in [-0.2, 0) is 5.11 Å². The van der Waals surface area contributed by atoms with Crippen molar-refractivity contribution >= 4 is 29.6 Å². The van der Waals surface area contributed by atoms with Crippen LogP contribution in [-0.4, -0.2) is 42.6 Å². The fraction of sp³-hybridized carbons (Fsp3) is 1.00. The van der Waals surface area contributed by atoms with Gasteiger partial charge < -0.3 is 0 Å². The van der Waals surface area contributed by atoms with Gasteiger partial charge in [-0.15, -0.1) is 0 Å². The molecule has 0 aliphatic heterocycles. The van der Waals surface area contributed by atoms with Crippen LogP contribution in [0, 0.1) is 0 Å². The normalized spacial score (nSPS) is 8.00. The Balaban J connectivity index is 0. The van der Waals surface area contributed by atoms with E-state index in [4.69, 9.17) is 5.11 Å². The fourth-order valence-electron chi connectivity index (χ4n) is 0. The van der Waals surface area contributed by atoms with Crippen molar-refractivity contribution in [1.29, 1.82) is 0 Å². The first-order valence-corrected chi connectivity index (χ1v) is 1.13. The van der Waals surface area contributed by atoms with Crippen molar-refractivity contribution in [3.63, 3.8) is 0 Å². The predicted octanol–water partition coefficient (Wildman–Crippen LogP) is 0.0335. The average Bonchev–Trinajstić information content (AvgIpc) is 1.38. The van der Waals surface area contributed by atoms with Gasteiger partial charge in [0.15, 0.2) is 0 Å². The van der Waals surface area contributed by atoms with E-state index >= 15 is 0 Å². The van der Waals surface area contributed by atoms with E-state index in [1.807, 2.05) is 0 Å². The molecule has 1 radical (unpaired) electrons.